The highest BCUT2D eigenvalue weighted by atomic mass is 19.1. The maximum Gasteiger partial charge on any atom is 0.249 e. The van der Waals surface area contributed by atoms with Crippen LogP contribution in [0.2, 0.25) is 0 Å². The van der Waals surface area contributed by atoms with Crippen molar-refractivity contribution in [2.75, 3.05) is 10.6 Å². The Labute approximate surface area is 133 Å². The summed E-state index contributed by atoms with van der Waals surface area (Å²) >= 11 is 0. The van der Waals surface area contributed by atoms with Crippen LogP contribution in [0.15, 0.2) is 54.7 Å². The molecule has 0 atom stereocenters. The first-order valence-corrected chi connectivity index (χ1v) is 7.21. The number of halogens is 1. The Balaban J connectivity index is 1.69. The largest absolute Gasteiger partial charge is 0.365 e. The average molecular weight is 309 g/mol. The second-order valence-corrected chi connectivity index (χ2v) is 5.11. The minimum atomic E-state index is -0.366. The van der Waals surface area contributed by atoms with E-state index in [-0.39, 0.29) is 11.8 Å². The van der Waals surface area contributed by atoms with Gasteiger partial charge in [-0.15, -0.1) is 5.10 Å². The fourth-order valence-electron chi connectivity index (χ4n) is 2.14. The molecule has 5 nitrogen and oxygen atoms in total. The maximum atomic E-state index is 13.6. The van der Waals surface area contributed by atoms with E-state index in [2.05, 4.69) is 31.9 Å². The fraction of sp³-hybridized carbons (Fsp3) is 0.118. The molecule has 6 heteroatoms. The van der Waals surface area contributed by atoms with Gasteiger partial charge in [0.25, 0.3) is 0 Å². The van der Waals surface area contributed by atoms with E-state index in [0.717, 1.165) is 5.56 Å². The summed E-state index contributed by atoms with van der Waals surface area (Å²) in [7, 11) is 0. The van der Waals surface area contributed by atoms with Crippen LogP contribution in [0.1, 0.15) is 11.1 Å². The fourth-order valence-corrected chi connectivity index (χ4v) is 2.14. The Morgan fingerprint density at radius 2 is 1.96 bits per heavy atom. The van der Waals surface area contributed by atoms with Gasteiger partial charge in [-0.3, -0.25) is 0 Å². The lowest BCUT2D eigenvalue weighted by Gasteiger charge is -2.08. The quantitative estimate of drug-likeness (QED) is 0.753. The van der Waals surface area contributed by atoms with Crippen molar-refractivity contribution in [1.29, 1.82) is 0 Å². The zero-order valence-electron chi connectivity index (χ0n) is 12.6. The van der Waals surface area contributed by atoms with Gasteiger partial charge in [0.15, 0.2) is 5.82 Å². The molecule has 3 aromatic rings. The van der Waals surface area contributed by atoms with E-state index in [1.807, 2.05) is 25.1 Å². The summed E-state index contributed by atoms with van der Waals surface area (Å²) in [5, 5.41) is 13.7. The molecule has 0 spiro atoms. The lowest BCUT2D eigenvalue weighted by Crippen LogP contribution is -2.06. The number of benzene rings is 2. The molecular formula is C17H16FN5. The van der Waals surface area contributed by atoms with Crippen LogP contribution in [0, 0.1) is 12.7 Å². The van der Waals surface area contributed by atoms with Gasteiger partial charge in [0, 0.05) is 6.54 Å². The first-order chi connectivity index (χ1) is 11.2. The van der Waals surface area contributed by atoms with Gasteiger partial charge in [-0.05, 0) is 24.6 Å². The van der Waals surface area contributed by atoms with Crippen molar-refractivity contribution in [2.45, 2.75) is 13.5 Å². The third kappa shape index (κ3) is 4.00. The molecule has 116 valence electrons. The number of hydrogen-bond donors (Lipinski definition) is 2. The van der Waals surface area contributed by atoms with E-state index >= 15 is 0 Å². The van der Waals surface area contributed by atoms with Gasteiger partial charge in [-0.25, -0.2) is 4.39 Å². The number of rotatable bonds is 5. The van der Waals surface area contributed by atoms with Crippen LogP contribution in [0.25, 0.3) is 0 Å². The normalized spacial score (nSPS) is 10.3. The van der Waals surface area contributed by atoms with Gasteiger partial charge in [0.1, 0.15) is 5.82 Å². The molecule has 23 heavy (non-hydrogen) atoms. The summed E-state index contributed by atoms with van der Waals surface area (Å²) in [4.78, 5) is 4.28. The molecule has 0 saturated carbocycles. The first-order valence-electron chi connectivity index (χ1n) is 7.21. The molecule has 0 aliphatic heterocycles. The summed E-state index contributed by atoms with van der Waals surface area (Å²) in [5.41, 5.74) is 2.66. The van der Waals surface area contributed by atoms with Gasteiger partial charge in [0.05, 0.1) is 11.9 Å². The molecule has 1 heterocycles. The first kappa shape index (κ1) is 14.9. The van der Waals surface area contributed by atoms with Crippen LogP contribution in [0.5, 0.6) is 0 Å². The number of nitrogens with zero attached hydrogens (tertiary/aromatic N) is 3. The van der Waals surface area contributed by atoms with Gasteiger partial charge in [-0.1, -0.05) is 42.0 Å². The predicted molar refractivity (Wildman–Crippen MR) is 88.0 cm³/mol. The van der Waals surface area contributed by atoms with Crippen molar-refractivity contribution in [3.8, 4) is 0 Å². The van der Waals surface area contributed by atoms with Gasteiger partial charge < -0.3 is 10.6 Å². The zero-order valence-corrected chi connectivity index (χ0v) is 12.6. The third-order valence-corrected chi connectivity index (χ3v) is 3.24. The highest BCUT2D eigenvalue weighted by Crippen LogP contribution is 2.17. The summed E-state index contributed by atoms with van der Waals surface area (Å²) in [6.07, 6.45) is 1.53. The number of para-hydroxylation sites is 1. The SMILES string of the molecule is Cc1cccc(CNc2cnnc(Nc3ccccc3F)n2)c1. The molecule has 0 radical (unpaired) electrons. The molecule has 0 amide bonds. The Morgan fingerprint density at radius 3 is 2.78 bits per heavy atom. The van der Waals surface area contributed by atoms with Crippen molar-refractivity contribution in [3.05, 3.63) is 71.7 Å². The van der Waals surface area contributed by atoms with Crippen LogP contribution in [-0.4, -0.2) is 15.2 Å². The third-order valence-electron chi connectivity index (χ3n) is 3.24. The second kappa shape index (κ2) is 6.83. The Morgan fingerprint density at radius 1 is 1.09 bits per heavy atom. The van der Waals surface area contributed by atoms with Crippen molar-refractivity contribution in [3.63, 3.8) is 0 Å². The van der Waals surface area contributed by atoms with Gasteiger partial charge in [-0.2, -0.15) is 10.1 Å². The minimum Gasteiger partial charge on any atom is -0.365 e. The standard InChI is InChI=1S/C17H16FN5/c1-12-5-4-6-13(9-12)10-19-16-11-20-23-17(22-16)21-15-8-3-2-7-14(15)18/h2-9,11H,10H2,1H3,(H2,19,21,22,23). The van der Waals surface area contributed by atoms with E-state index in [0.29, 0.717) is 18.1 Å². The average Bonchev–Trinajstić information content (AvgIpc) is 2.56. The molecule has 2 N–H and O–H groups in total. The minimum absolute atomic E-state index is 0.240. The molecule has 0 saturated heterocycles. The molecule has 3 rings (SSSR count). The van der Waals surface area contributed by atoms with Crippen molar-refractivity contribution in [2.24, 2.45) is 0 Å². The van der Waals surface area contributed by atoms with Crippen molar-refractivity contribution < 1.29 is 4.39 Å². The van der Waals surface area contributed by atoms with E-state index in [9.17, 15) is 4.39 Å². The van der Waals surface area contributed by atoms with E-state index < -0.39 is 0 Å². The molecule has 0 fully saturated rings. The predicted octanol–water partition coefficient (Wildman–Crippen LogP) is 3.67. The summed E-state index contributed by atoms with van der Waals surface area (Å²) in [6.45, 7) is 2.67. The van der Waals surface area contributed by atoms with Crippen LogP contribution in [0.4, 0.5) is 21.8 Å². The summed E-state index contributed by atoms with van der Waals surface area (Å²) < 4.78 is 13.6. The lowest BCUT2D eigenvalue weighted by molar-refractivity contribution is 0.631. The zero-order chi connectivity index (χ0) is 16.1. The number of anilines is 3. The number of aromatic nitrogens is 3. The summed E-state index contributed by atoms with van der Waals surface area (Å²) in [5.74, 6) is 0.443. The molecule has 0 aliphatic carbocycles. The number of aryl methyl sites for hydroxylation is 1. The number of hydrogen-bond acceptors (Lipinski definition) is 5. The van der Waals surface area contributed by atoms with Crippen molar-refractivity contribution >= 4 is 17.5 Å². The topological polar surface area (TPSA) is 62.7 Å². The Hall–Kier alpha value is -3.02. The molecule has 0 unspecified atom stereocenters. The molecule has 2 aromatic carbocycles. The van der Waals surface area contributed by atoms with E-state index in [1.54, 1.807) is 18.2 Å². The lowest BCUT2D eigenvalue weighted by atomic mass is 10.1. The second-order valence-electron chi connectivity index (χ2n) is 5.11. The van der Waals surface area contributed by atoms with Crippen molar-refractivity contribution in [1.82, 2.24) is 15.2 Å². The highest BCUT2D eigenvalue weighted by Gasteiger charge is 2.05. The van der Waals surface area contributed by atoms with Crippen LogP contribution < -0.4 is 10.6 Å². The molecular weight excluding hydrogens is 293 g/mol. The maximum absolute atomic E-state index is 13.6. The Bertz CT molecular complexity index is 806. The molecule has 0 bridgehead atoms. The smallest absolute Gasteiger partial charge is 0.249 e. The van der Waals surface area contributed by atoms with E-state index in [1.165, 1.54) is 17.8 Å². The van der Waals surface area contributed by atoms with Crippen LogP contribution in [0.3, 0.4) is 0 Å². The van der Waals surface area contributed by atoms with Crippen LogP contribution >= 0.6 is 0 Å². The molecule has 1 aromatic heterocycles. The Kier molecular flexibility index (Phi) is 4.42. The number of nitrogens with one attached hydrogen (secondary N) is 2. The monoisotopic (exact) mass is 309 g/mol. The highest BCUT2D eigenvalue weighted by molar-refractivity contribution is 5.54. The van der Waals surface area contributed by atoms with Gasteiger partial charge >= 0.3 is 0 Å². The van der Waals surface area contributed by atoms with Crippen LogP contribution in [-0.2, 0) is 6.54 Å². The van der Waals surface area contributed by atoms with Gasteiger partial charge in [0.2, 0.25) is 5.95 Å². The summed E-state index contributed by atoms with van der Waals surface area (Å²) in [6, 6.07) is 14.5. The molecule has 0 aliphatic rings. The van der Waals surface area contributed by atoms with E-state index in [4.69, 9.17) is 0 Å².